The fourth-order valence-corrected chi connectivity index (χ4v) is 3.14. The summed E-state index contributed by atoms with van der Waals surface area (Å²) < 4.78 is 17.7. The number of ether oxygens (including phenoxy) is 1. The molecule has 3 rings (SSSR count). The fraction of sp³-hybridized carbons (Fsp3) is 0.391. The van der Waals surface area contributed by atoms with Crippen LogP contribution in [0.15, 0.2) is 42.0 Å². The lowest BCUT2D eigenvalue weighted by molar-refractivity contribution is 0.00578. The van der Waals surface area contributed by atoms with E-state index >= 15 is 0 Å². The molecule has 8 nitrogen and oxygen atoms in total. The first-order valence-electron chi connectivity index (χ1n) is 10.5. The van der Waals surface area contributed by atoms with E-state index in [4.69, 9.17) is 25.5 Å². The van der Waals surface area contributed by atoms with Gasteiger partial charge in [0.25, 0.3) is 0 Å². The number of nitrogens with one attached hydrogen (secondary N) is 1. The van der Waals surface area contributed by atoms with Crippen LogP contribution in [-0.4, -0.2) is 35.9 Å². The van der Waals surface area contributed by atoms with Crippen LogP contribution in [0.2, 0.25) is 0 Å². The Balaban J connectivity index is 1.78. The molecule has 0 radical (unpaired) electrons. The van der Waals surface area contributed by atoms with E-state index in [2.05, 4.69) is 10.3 Å². The summed E-state index contributed by atoms with van der Waals surface area (Å²) in [7, 11) is -0.660. The van der Waals surface area contributed by atoms with E-state index in [9.17, 15) is 4.79 Å². The van der Waals surface area contributed by atoms with Crippen molar-refractivity contribution in [1.82, 2.24) is 10.3 Å². The van der Waals surface area contributed by atoms with E-state index < -0.39 is 24.4 Å². The summed E-state index contributed by atoms with van der Waals surface area (Å²) in [4.78, 5) is 16.5. The summed E-state index contributed by atoms with van der Waals surface area (Å²) in [5.74, 6) is 0.277. The summed E-state index contributed by atoms with van der Waals surface area (Å²) in [5, 5.41) is 2.78. The van der Waals surface area contributed by atoms with Crippen molar-refractivity contribution in [1.29, 1.82) is 0 Å². The number of anilines is 2. The van der Waals surface area contributed by atoms with Gasteiger partial charge in [0.1, 0.15) is 12.4 Å². The van der Waals surface area contributed by atoms with Crippen molar-refractivity contribution < 1.29 is 18.8 Å². The number of carbonyl (C=O) groups excluding carboxylic acids is 1. The first-order valence-corrected chi connectivity index (χ1v) is 10.5. The number of hydrogen-bond donors (Lipinski definition) is 3. The molecule has 0 saturated carbocycles. The molecule has 0 spiro atoms. The maximum atomic E-state index is 12.3. The maximum Gasteiger partial charge on any atom is 0.492 e. The Bertz CT molecular complexity index is 993. The monoisotopic (exact) mass is 438 g/mol. The second kappa shape index (κ2) is 9.22. The topological polar surface area (TPSA) is 122 Å². The zero-order chi connectivity index (χ0) is 23.5. The number of amides is 1. The number of nitrogens with two attached hydrogens (primary N) is 2. The lowest BCUT2D eigenvalue weighted by atomic mass is 9.76. The van der Waals surface area contributed by atoms with Crippen LogP contribution < -0.4 is 16.8 Å². The van der Waals surface area contributed by atoms with Crippen LogP contribution in [0.1, 0.15) is 44.4 Å². The lowest BCUT2D eigenvalue weighted by Gasteiger charge is -2.32. The average molecular weight is 438 g/mol. The van der Waals surface area contributed by atoms with Crippen LogP contribution in [-0.2, 0) is 20.7 Å². The minimum absolute atomic E-state index is 0.161. The molecular weight excluding hydrogens is 407 g/mol. The highest BCUT2D eigenvalue weighted by Gasteiger charge is 2.52. The molecular formula is C23H31BN4O4. The molecule has 2 aromatic rings. The molecule has 1 aliphatic rings. The fourth-order valence-electron chi connectivity index (χ4n) is 3.14. The number of carbonyl (C=O) groups is 1. The molecule has 1 saturated heterocycles. The Morgan fingerprint density at radius 1 is 1.16 bits per heavy atom. The summed E-state index contributed by atoms with van der Waals surface area (Å²) >= 11 is 0. The van der Waals surface area contributed by atoms with Gasteiger partial charge in [0, 0.05) is 12.7 Å². The maximum absolute atomic E-state index is 12.3. The Labute approximate surface area is 189 Å². The van der Waals surface area contributed by atoms with Gasteiger partial charge in [-0.25, -0.2) is 9.78 Å². The van der Waals surface area contributed by atoms with Crippen molar-refractivity contribution in [3.8, 4) is 0 Å². The van der Waals surface area contributed by atoms with Crippen molar-refractivity contribution in [3.05, 3.63) is 58.7 Å². The van der Waals surface area contributed by atoms with Crippen LogP contribution in [0.5, 0.6) is 0 Å². The highest BCUT2D eigenvalue weighted by molar-refractivity contribution is 6.56. The second-order valence-corrected chi connectivity index (χ2v) is 8.86. The number of alkyl carbamates (subject to hydrolysis) is 1. The SMILES string of the molecule is Cc1c(C=C(CNC(=O)OCc2ccccc2)B2OC(C)(C)C(C)(C)O2)cnc(N)c1N. The molecule has 9 heteroatoms. The van der Waals surface area contributed by atoms with E-state index in [-0.39, 0.29) is 19.0 Å². The summed E-state index contributed by atoms with van der Waals surface area (Å²) in [6.45, 7) is 10.1. The second-order valence-electron chi connectivity index (χ2n) is 8.86. The van der Waals surface area contributed by atoms with Gasteiger partial charge in [-0.05, 0) is 56.8 Å². The molecule has 1 aromatic heterocycles. The number of benzene rings is 1. The van der Waals surface area contributed by atoms with Crippen molar-refractivity contribution in [2.45, 2.75) is 52.4 Å². The van der Waals surface area contributed by atoms with Gasteiger partial charge in [-0.2, -0.15) is 0 Å². The van der Waals surface area contributed by atoms with E-state index in [1.165, 1.54) is 0 Å². The standard InChI is InChI=1S/C23H31BN4O4/c1-15-17(12-27-20(26)19(15)25)11-18(24-31-22(2,3)23(4,5)32-24)13-28-21(29)30-14-16-9-7-6-8-10-16/h6-12H,13-14,25H2,1-5H3,(H2,26,27)(H,28,29). The molecule has 170 valence electrons. The largest absolute Gasteiger partial charge is 0.492 e. The third-order valence-corrected chi connectivity index (χ3v) is 6.00. The van der Waals surface area contributed by atoms with Crippen LogP contribution in [0.4, 0.5) is 16.3 Å². The van der Waals surface area contributed by atoms with Crippen molar-refractivity contribution in [2.75, 3.05) is 18.0 Å². The molecule has 2 heterocycles. The van der Waals surface area contributed by atoms with E-state index in [1.807, 2.05) is 71.0 Å². The van der Waals surface area contributed by atoms with Gasteiger partial charge < -0.3 is 30.8 Å². The van der Waals surface area contributed by atoms with Crippen LogP contribution in [0, 0.1) is 6.92 Å². The first-order chi connectivity index (χ1) is 15.0. The lowest BCUT2D eigenvalue weighted by Crippen LogP contribution is -2.41. The highest BCUT2D eigenvalue weighted by Crippen LogP contribution is 2.39. The predicted molar refractivity (Wildman–Crippen MR) is 126 cm³/mol. The summed E-state index contributed by atoms with van der Waals surface area (Å²) in [6, 6.07) is 9.48. The van der Waals surface area contributed by atoms with E-state index in [0.29, 0.717) is 11.2 Å². The molecule has 5 N–H and O–H groups in total. The van der Waals surface area contributed by atoms with Gasteiger partial charge in [-0.15, -0.1) is 0 Å². The number of rotatable bonds is 6. The van der Waals surface area contributed by atoms with Gasteiger partial charge in [-0.1, -0.05) is 36.4 Å². The summed E-state index contributed by atoms with van der Waals surface area (Å²) in [5.41, 5.74) is 14.4. The van der Waals surface area contributed by atoms with Crippen LogP contribution in [0.25, 0.3) is 6.08 Å². The third-order valence-electron chi connectivity index (χ3n) is 6.00. The van der Waals surface area contributed by atoms with E-state index in [1.54, 1.807) is 6.20 Å². The van der Waals surface area contributed by atoms with Gasteiger partial charge in [0.15, 0.2) is 0 Å². The Morgan fingerprint density at radius 3 is 2.41 bits per heavy atom. The average Bonchev–Trinajstić information content (AvgIpc) is 2.97. The first kappa shape index (κ1) is 23.6. The quantitative estimate of drug-likeness (QED) is 0.590. The molecule has 0 unspecified atom stereocenters. The molecule has 1 amide bonds. The number of aromatic nitrogens is 1. The van der Waals surface area contributed by atoms with E-state index in [0.717, 1.165) is 16.7 Å². The van der Waals surface area contributed by atoms with Crippen LogP contribution >= 0.6 is 0 Å². The minimum atomic E-state index is -0.660. The van der Waals surface area contributed by atoms with Crippen LogP contribution in [0.3, 0.4) is 0 Å². The molecule has 0 bridgehead atoms. The third kappa shape index (κ3) is 5.23. The molecule has 32 heavy (non-hydrogen) atoms. The van der Waals surface area contributed by atoms with Gasteiger partial charge >= 0.3 is 13.2 Å². The van der Waals surface area contributed by atoms with Crippen molar-refractivity contribution >= 4 is 30.8 Å². The number of pyridine rings is 1. The predicted octanol–water partition coefficient (Wildman–Crippen LogP) is 3.50. The molecule has 1 fully saturated rings. The molecule has 0 atom stereocenters. The number of nitrogen functional groups attached to an aromatic ring is 2. The van der Waals surface area contributed by atoms with Crippen molar-refractivity contribution in [3.63, 3.8) is 0 Å². The Kier molecular flexibility index (Phi) is 6.81. The molecule has 1 aliphatic heterocycles. The summed E-state index contributed by atoms with van der Waals surface area (Å²) in [6.07, 6.45) is 2.96. The number of hydrogen-bond acceptors (Lipinski definition) is 7. The normalized spacial score (nSPS) is 17.3. The van der Waals surface area contributed by atoms with Gasteiger partial charge in [-0.3, -0.25) is 0 Å². The Morgan fingerprint density at radius 2 is 1.78 bits per heavy atom. The van der Waals surface area contributed by atoms with Gasteiger partial charge in [0.2, 0.25) is 0 Å². The zero-order valence-electron chi connectivity index (χ0n) is 19.3. The minimum Gasteiger partial charge on any atom is -0.445 e. The number of nitrogens with zero attached hydrogens (tertiary/aromatic N) is 1. The molecule has 0 aliphatic carbocycles. The molecule has 1 aromatic carbocycles. The Hall–Kier alpha value is -3.04. The highest BCUT2D eigenvalue weighted by atomic mass is 16.7. The smallest absolute Gasteiger partial charge is 0.445 e. The van der Waals surface area contributed by atoms with Crippen molar-refractivity contribution in [2.24, 2.45) is 0 Å². The zero-order valence-corrected chi connectivity index (χ0v) is 19.3. The van der Waals surface area contributed by atoms with Gasteiger partial charge in [0.05, 0.1) is 16.9 Å².